The van der Waals surface area contributed by atoms with Crippen LogP contribution < -0.4 is 9.47 Å². The molecule has 0 unspecified atom stereocenters. The Morgan fingerprint density at radius 1 is 0.947 bits per heavy atom. The monoisotopic (exact) mass is 631 g/mol. The molecule has 0 bridgehead atoms. The van der Waals surface area contributed by atoms with Gasteiger partial charge in [-0.2, -0.15) is 0 Å². The Labute approximate surface area is 236 Å². The lowest BCUT2D eigenvalue weighted by atomic mass is 9.71. The summed E-state index contributed by atoms with van der Waals surface area (Å²) in [5.74, 6) is 0.602. The first-order valence-electron chi connectivity index (χ1n) is 13.0. The number of carbonyl (C=O) groups excluding carboxylic acids is 2. The van der Waals surface area contributed by atoms with E-state index in [9.17, 15) is 14.0 Å². The summed E-state index contributed by atoms with van der Waals surface area (Å²) in [5.41, 5.74) is 5.22. The molecule has 0 N–H and O–H groups in total. The number of hydrogen-bond donors (Lipinski definition) is 0. The Kier molecular flexibility index (Phi) is 8.18. The van der Waals surface area contributed by atoms with Gasteiger partial charge in [-0.05, 0) is 83.7 Å². The van der Waals surface area contributed by atoms with E-state index in [-0.39, 0.29) is 24.0 Å². The summed E-state index contributed by atoms with van der Waals surface area (Å²) in [4.78, 5) is 29.1. The number of halogens is 2. The molecule has 2 aromatic carbocycles. The normalized spacial score (nSPS) is 18.1. The van der Waals surface area contributed by atoms with Crippen LogP contribution in [0.4, 0.5) is 4.39 Å². The van der Waals surface area contributed by atoms with Crippen LogP contribution in [-0.4, -0.2) is 43.8 Å². The number of nitrogens with zero attached hydrogens (tertiary/aromatic N) is 1. The molecule has 8 heteroatoms. The van der Waals surface area contributed by atoms with E-state index in [4.69, 9.17) is 14.2 Å². The average molecular weight is 631 g/mol. The Hall–Kier alpha value is -2.72. The fourth-order valence-electron chi connectivity index (χ4n) is 5.78. The zero-order valence-electron chi connectivity index (χ0n) is 21.6. The van der Waals surface area contributed by atoms with Gasteiger partial charge in [-0.1, -0.05) is 12.1 Å². The molecule has 2 aromatic rings. The minimum atomic E-state index is -0.423. The van der Waals surface area contributed by atoms with Crippen LogP contribution in [-0.2, 0) is 20.9 Å². The van der Waals surface area contributed by atoms with Crippen LogP contribution in [0.15, 0.2) is 58.9 Å². The summed E-state index contributed by atoms with van der Waals surface area (Å²) in [6.45, 7) is 1.40. The van der Waals surface area contributed by atoms with E-state index in [1.54, 1.807) is 26.4 Å². The van der Waals surface area contributed by atoms with E-state index in [0.717, 1.165) is 62.9 Å². The van der Waals surface area contributed by atoms with E-state index in [0.29, 0.717) is 37.5 Å². The summed E-state index contributed by atoms with van der Waals surface area (Å²) in [5, 5.41) is 0. The van der Waals surface area contributed by atoms with Crippen LogP contribution in [0.5, 0.6) is 11.5 Å². The number of ether oxygens (including phenoxy) is 3. The average Bonchev–Trinajstić information content (AvgIpc) is 2.91. The van der Waals surface area contributed by atoms with E-state index >= 15 is 0 Å². The first-order chi connectivity index (χ1) is 18.4. The summed E-state index contributed by atoms with van der Waals surface area (Å²) >= 11 is 2.21. The van der Waals surface area contributed by atoms with E-state index in [1.807, 2.05) is 12.1 Å². The Morgan fingerprint density at radius 3 is 2.16 bits per heavy atom. The maximum atomic E-state index is 13.5. The maximum absolute atomic E-state index is 13.5. The van der Waals surface area contributed by atoms with Crippen molar-refractivity contribution in [2.45, 2.75) is 51.0 Å². The highest BCUT2D eigenvalue weighted by Gasteiger charge is 2.43. The standard InChI is InChI=1S/C30H31FINO5/c1-36-14-13-33-22-5-3-7-24(34)28(22)27(29-23(33)6-4-8-25(29)35)19-15-21(32)30(26(16-19)37-2)38-17-18-9-11-20(31)12-10-18/h9-12,15-16,27H,3-8,13-14,17H2,1-2H3. The van der Waals surface area contributed by atoms with Crippen molar-refractivity contribution in [3.8, 4) is 11.5 Å². The van der Waals surface area contributed by atoms with Gasteiger partial charge in [0.1, 0.15) is 12.4 Å². The lowest BCUT2D eigenvalue weighted by Crippen LogP contribution is -2.40. The van der Waals surface area contributed by atoms with Crippen LogP contribution in [0, 0.1) is 9.39 Å². The van der Waals surface area contributed by atoms with Gasteiger partial charge in [0.15, 0.2) is 23.1 Å². The number of methoxy groups -OCH3 is 2. The second-order valence-electron chi connectivity index (χ2n) is 9.80. The van der Waals surface area contributed by atoms with Gasteiger partial charge in [-0.25, -0.2) is 4.39 Å². The summed E-state index contributed by atoms with van der Waals surface area (Å²) in [6.07, 6.45) is 4.19. The highest BCUT2D eigenvalue weighted by atomic mass is 127. The molecule has 0 radical (unpaired) electrons. The van der Waals surface area contributed by atoms with Crippen LogP contribution >= 0.6 is 22.6 Å². The zero-order valence-corrected chi connectivity index (χ0v) is 23.8. The largest absolute Gasteiger partial charge is 0.493 e. The molecule has 38 heavy (non-hydrogen) atoms. The Bertz CT molecular complexity index is 1270. The van der Waals surface area contributed by atoms with Crippen LogP contribution in [0.1, 0.15) is 55.6 Å². The molecule has 0 amide bonds. The SMILES string of the molecule is COCCN1C2=C(C(=O)CCC2)C(c2cc(I)c(OCc3ccc(F)cc3)c(OC)c2)C2=C1CCCC2=O. The molecule has 3 aliphatic rings. The Morgan fingerprint density at radius 2 is 1.58 bits per heavy atom. The molecule has 6 nitrogen and oxygen atoms in total. The predicted molar refractivity (Wildman–Crippen MR) is 150 cm³/mol. The fraction of sp³-hybridized carbons (Fsp3) is 0.400. The highest BCUT2D eigenvalue weighted by Crippen LogP contribution is 2.50. The second kappa shape index (κ2) is 11.6. The number of allylic oxidation sites excluding steroid dienone is 4. The van der Waals surface area contributed by atoms with Gasteiger partial charge >= 0.3 is 0 Å². The van der Waals surface area contributed by atoms with Gasteiger partial charge in [-0.3, -0.25) is 9.59 Å². The third-order valence-corrected chi connectivity index (χ3v) is 8.29. The predicted octanol–water partition coefficient (Wildman–Crippen LogP) is 6.08. The van der Waals surface area contributed by atoms with E-state index < -0.39 is 5.92 Å². The van der Waals surface area contributed by atoms with Crippen molar-refractivity contribution >= 4 is 34.2 Å². The van der Waals surface area contributed by atoms with E-state index in [2.05, 4.69) is 27.5 Å². The molecule has 200 valence electrons. The molecule has 1 heterocycles. The van der Waals surface area contributed by atoms with Crippen molar-refractivity contribution in [1.29, 1.82) is 0 Å². The van der Waals surface area contributed by atoms with Crippen LogP contribution in [0.25, 0.3) is 0 Å². The maximum Gasteiger partial charge on any atom is 0.174 e. The van der Waals surface area contributed by atoms with Crippen LogP contribution in [0.3, 0.4) is 0 Å². The molecule has 0 saturated carbocycles. The molecule has 0 saturated heterocycles. The smallest absolute Gasteiger partial charge is 0.174 e. The molecule has 5 rings (SSSR count). The summed E-state index contributed by atoms with van der Waals surface area (Å²) in [7, 11) is 3.25. The van der Waals surface area contributed by atoms with Crippen molar-refractivity contribution in [2.24, 2.45) is 0 Å². The Balaban J connectivity index is 1.58. The molecule has 0 aromatic heterocycles. The molecule has 2 aliphatic carbocycles. The number of hydrogen-bond acceptors (Lipinski definition) is 6. The lowest BCUT2D eigenvalue weighted by Gasteiger charge is -2.44. The molecule has 0 spiro atoms. The molecule has 0 atom stereocenters. The lowest BCUT2D eigenvalue weighted by molar-refractivity contribution is -0.117. The first-order valence-corrected chi connectivity index (χ1v) is 14.0. The fourth-order valence-corrected chi connectivity index (χ4v) is 6.57. The highest BCUT2D eigenvalue weighted by molar-refractivity contribution is 14.1. The zero-order chi connectivity index (χ0) is 26.8. The number of benzene rings is 2. The first kappa shape index (κ1) is 26.9. The van der Waals surface area contributed by atoms with E-state index in [1.165, 1.54) is 12.1 Å². The second-order valence-corrected chi connectivity index (χ2v) is 11.0. The third kappa shape index (κ3) is 5.12. The van der Waals surface area contributed by atoms with Crippen molar-refractivity contribution in [3.63, 3.8) is 0 Å². The van der Waals surface area contributed by atoms with Gasteiger partial charge in [0.25, 0.3) is 0 Å². The minimum Gasteiger partial charge on any atom is -0.493 e. The molecular weight excluding hydrogens is 600 g/mol. The number of carbonyl (C=O) groups is 2. The van der Waals surface area contributed by atoms with Crippen LogP contribution in [0.2, 0.25) is 0 Å². The number of rotatable bonds is 8. The molecule has 1 aliphatic heterocycles. The van der Waals surface area contributed by atoms with Crippen molar-refractivity contribution < 1.29 is 28.2 Å². The van der Waals surface area contributed by atoms with Gasteiger partial charge in [-0.15, -0.1) is 0 Å². The van der Waals surface area contributed by atoms with Crippen molar-refractivity contribution in [2.75, 3.05) is 27.4 Å². The molecular formula is C30H31FINO5. The van der Waals surface area contributed by atoms with Gasteiger partial charge in [0.05, 0.1) is 17.3 Å². The number of Topliss-reactive ketones (excluding diaryl/α,β-unsaturated/α-hetero) is 2. The van der Waals surface area contributed by atoms with Crippen molar-refractivity contribution in [3.05, 3.63) is 79.5 Å². The topological polar surface area (TPSA) is 65.1 Å². The summed E-state index contributed by atoms with van der Waals surface area (Å²) in [6, 6.07) is 10.1. The minimum absolute atomic E-state index is 0.106. The third-order valence-electron chi connectivity index (χ3n) is 7.49. The number of ketones is 2. The summed E-state index contributed by atoms with van der Waals surface area (Å²) < 4.78 is 31.4. The van der Waals surface area contributed by atoms with Gasteiger partial charge in [0, 0.05) is 55.0 Å². The quantitative estimate of drug-likeness (QED) is 0.330. The van der Waals surface area contributed by atoms with Gasteiger partial charge in [0.2, 0.25) is 0 Å². The molecule has 0 fully saturated rings. The van der Waals surface area contributed by atoms with Crippen molar-refractivity contribution in [1.82, 2.24) is 4.90 Å². The van der Waals surface area contributed by atoms with Gasteiger partial charge < -0.3 is 19.1 Å².